The predicted octanol–water partition coefficient (Wildman–Crippen LogP) is 0.333. The number of benzene rings is 1. The number of methoxy groups -OCH3 is 1. The number of hydrogen-bond acceptors (Lipinski definition) is 9. The van der Waals surface area contributed by atoms with Gasteiger partial charge in [0, 0.05) is 7.11 Å². The second-order valence-corrected chi connectivity index (χ2v) is 7.46. The molecule has 0 atom stereocenters. The normalized spacial score (nSPS) is 11.0. The van der Waals surface area contributed by atoms with Crippen LogP contribution in [0.15, 0.2) is 32.9 Å². The molecule has 3 N–H and O–H groups in total. The molecule has 11 nitrogen and oxygen atoms in total. The van der Waals surface area contributed by atoms with Gasteiger partial charge in [0.1, 0.15) is 11.4 Å². The Labute approximate surface area is 175 Å². The first-order valence-electron chi connectivity index (χ1n) is 8.97. The van der Waals surface area contributed by atoms with Gasteiger partial charge in [-0.2, -0.15) is 4.68 Å². The third kappa shape index (κ3) is 4.33. The highest BCUT2D eigenvalue weighted by atomic mass is 32.2. The molecular formula is C18H21N7O4S. The summed E-state index contributed by atoms with van der Waals surface area (Å²) in [5.74, 6) is -0.874. The van der Waals surface area contributed by atoms with Crippen LogP contribution in [0.2, 0.25) is 0 Å². The first-order chi connectivity index (χ1) is 14.3. The third-order valence-corrected chi connectivity index (χ3v) is 5.47. The van der Waals surface area contributed by atoms with Gasteiger partial charge < -0.3 is 10.5 Å². The van der Waals surface area contributed by atoms with Crippen molar-refractivity contribution in [1.82, 2.24) is 29.8 Å². The maximum Gasteiger partial charge on any atom is 0.330 e. The van der Waals surface area contributed by atoms with Crippen LogP contribution in [0.4, 0.5) is 5.82 Å². The molecule has 0 spiro atoms. The van der Waals surface area contributed by atoms with Crippen LogP contribution in [-0.2, 0) is 11.3 Å². The highest BCUT2D eigenvalue weighted by Crippen LogP contribution is 2.21. The van der Waals surface area contributed by atoms with E-state index in [0.29, 0.717) is 5.16 Å². The Morgan fingerprint density at radius 3 is 2.73 bits per heavy atom. The number of hydrogen-bond donors (Lipinski definition) is 2. The highest BCUT2D eigenvalue weighted by Gasteiger charge is 2.21. The summed E-state index contributed by atoms with van der Waals surface area (Å²) in [5.41, 5.74) is 7.10. The number of H-pyrrole nitrogens is 1. The predicted molar refractivity (Wildman–Crippen MR) is 111 cm³/mol. The van der Waals surface area contributed by atoms with E-state index in [1.165, 1.54) is 11.8 Å². The number of ketones is 1. The number of carbonyl (C=O) groups excluding carboxylic acids is 1. The number of rotatable bonds is 8. The Hall–Kier alpha value is -3.25. The Kier molecular flexibility index (Phi) is 6.47. The number of nitrogens with zero attached hydrogens (tertiary/aromatic N) is 5. The molecule has 158 valence electrons. The fourth-order valence-corrected chi connectivity index (χ4v) is 3.52. The fraction of sp³-hybridized carbons (Fsp3) is 0.333. The number of thioether (sulfide) groups is 1. The van der Waals surface area contributed by atoms with Gasteiger partial charge in [-0.15, -0.1) is 5.10 Å². The van der Waals surface area contributed by atoms with E-state index in [-0.39, 0.29) is 30.3 Å². The van der Waals surface area contributed by atoms with Gasteiger partial charge in [-0.3, -0.25) is 19.1 Å². The molecule has 0 amide bonds. The number of carbonyl (C=O) groups is 1. The number of Topliss-reactive ketones (excluding diaryl/α,β-unsaturated/α-hetero) is 1. The summed E-state index contributed by atoms with van der Waals surface area (Å²) in [7, 11) is 1.47. The lowest BCUT2D eigenvalue weighted by atomic mass is 10.1. The van der Waals surface area contributed by atoms with Crippen molar-refractivity contribution in [2.75, 3.05) is 25.2 Å². The molecule has 0 bridgehead atoms. The van der Waals surface area contributed by atoms with Crippen LogP contribution in [0.25, 0.3) is 5.69 Å². The summed E-state index contributed by atoms with van der Waals surface area (Å²) < 4.78 is 7.54. The maximum absolute atomic E-state index is 12.7. The number of nitrogens with two attached hydrogens (primary N) is 1. The van der Waals surface area contributed by atoms with Gasteiger partial charge >= 0.3 is 5.69 Å². The standard InChI is InChI=1S/C18H21N7O4S/c1-10-4-5-12(8-11(10)2)25-18(21-22-23-25)30-9-13(26)14-15(19)24(6-7-29-3)17(28)20-16(14)27/h4-5,8H,6-7,9,19H2,1-3H3,(H,20,27,28). The van der Waals surface area contributed by atoms with Crippen molar-refractivity contribution in [1.29, 1.82) is 0 Å². The van der Waals surface area contributed by atoms with Crippen molar-refractivity contribution in [3.05, 3.63) is 55.7 Å². The Balaban J connectivity index is 1.84. The fourth-order valence-electron chi connectivity index (χ4n) is 2.75. The van der Waals surface area contributed by atoms with E-state index in [2.05, 4.69) is 20.5 Å². The number of nitrogens with one attached hydrogen (secondary N) is 1. The van der Waals surface area contributed by atoms with E-state index in [0.717, 1.165) is 33.1 Å². The van der Waals surface area contributed by atoms with Crippen LogP contribution in [0, 0.1) is 13.8 Å². The smallest absolute Gasteiger partial charge is 0.330 e. The summed E-state index contributed by atoms with van der Waals surface area (Å²) in [4.78, 5) is 39.0. The van der Waals surface area contributed by atoms with Crippen molar-refractivity contribution in [2.45, 2.75) is 25.5 Å². The van der Waals surface area contributed by atoms with Gasteiger partial charge in [0.2, 0.25) is 5.16 Å². The molecule has 3 aromatic rings. The van der Waals surface area contributed by atoms with Crippen molar-refractivity contribution in [3.8, 4) is 5.69 Å². The monoisotopic (exact) mass is 431 g/mol. The van der Waals surface area contributed by atoms with Gasteiger partial charge in [-0.25, -0.2) is 4.79 Å². The lowest BCUT2D eigenvalue weighted by molar-refractivity contribution is 0.102. The first-order valence-corrected chi connectivity index (χ1v) is 9.95. The van der Waals surface area contributed by atoms with E-state index in [1.54, 1.807) is 0 Å². The van der Waals surface area contributed by atoms with Crippen molar-refractivity contribution in [3.63, 3.8) is 0 Å². The van der Waals surface area contributed by atoms with Crippen LogP contribution in [0.5, 0.6) is 0 Å². The molecular weight excluding hydrogens is 410 g/mol. The van der Waals surface area contributed by atoms with Gasteiger partial charge in [-0.05, 0) is 47.5 Å². The number of ether oxygens (including phenoxy) is 1. The quantitative estimate of drug-likeness (QED) is 0.380. The summed E-state index contributed by atoms with van der Waals surface area (Å²) in [6.45, 7) is 4.29. The van der Waals surface area contributed by atoms with Crippen molar-refractivity contribution in [2.24, 2.45) is 0 Å². The maximum atomic E-state index is 12.7. The average Bonchev–Trinajstić information content (AvgIpc) is 3.16. The second kappa shape index (κ2) is 9.05. The number of aromatic nitrogens is 6. The Bertz CT molecular complexity index is 1200. The van der Waals surface area contributed by atoms with Crippen LogP contribution < -0.4 is 17.0 Å². The number of aryl methyl sites for hydroxylation is 2. The molecule has 0 saturated carbocycles. The van der Waals surface area contributed by atoms with Crippen molar-refractivity contribution >= 4 is 23.4 Å². The highest BCUT2D eigenvalue weighted by molar-refractivity contribution is 7.99. The summed E-state index contributed by atoms with van der Waals surface area (Å²) in [5, 5.41) is 12.0. The van der Waals surface area contributed by atoms with Crippen molar-refractivity contribution < 1.29 is 9.53 Å². The van der Waals surface area contributed by atoms with Crippen LogP contribution in [0.3, 0.4) is 0 Å². The topological polar surface area (TPSA) is 151 Å². The molecule has 1 aromatic carbocycles. The summed E-state index contributed by atoms with van der Waals surface area (Å²) in [6, 6.07) is 5.76. The lowest BCUT2D eigenvalue weighted by Gasteiger charge is -2.11. The largest absolute Gasteiger partial charge is 0.384 e. The van der Waals surface area contributed by atoms with Gasteiger partial charge in [0.25, 0.3) is 5.56 Å². The average molecular weight is 431 g/mol. The van der Waals surface area contributed by atoms with Gasteiger partial charge in [-0.1, -0.05) is 17.8 Å². The van der Waals surface area contributed by atoms with Crippen LogP contribution in [-0.4, -0.2) is 55.0 Å². The molecule has 0 aliphatic heterocycles. The first kappa shape index (κ1) is 21.5. The molecule has 0 fully saturated rings. The molecule has 12 heteroatoms. The molecule has 30 heavy (non-hydrogen) atoms. The molecule has 3 rings (SSSR count). The minimum absolute atomic E-state index is 0.108. The number of tetrazole rings is 1. The van der Waals surface area contributed by atoms with Crippen LogP contribution in [0.1, 0.15) is 21.5 Å². The van der Waals surface area contributed by atoms with Crippen LogP contribution >= 0.6 is 11.8 Å². The molecule has 2 heterocycles. The molecule has 0 aliphatic carbocycles. The third-order valence-electron chi connectivity index (χ3n) is 4.55. The molecule has 0 saturated heterocycles. The number of aromatic amines is 1. The zero-order chi connectivity index (χ0) is 21.8. The van der Waals surface area contributed by atoms with E-state index in [9.17, 15) is 14.4 Å². The molecule has 0 unspecified atom stereocenters. The number of nitrogen functional groups attached to an aromatic ring is 1. The van der Waals surface area contributed by atoms with Gasteiger partial charge in [0.15, 0.2) is 5.78 Å². The lowest BCUT2D eigenvalue weighted by Crippen LogP contribution is -2.37. The molecule has 0 aliphatic rings. The number of anilines is 1. The molecule has 0 radical (unpaired) electrons. The summed E-state index contributed by atoms with van der Waals surface area (Å²) in [6.07, 6.45) is 0. The SMILES string of the molecule is COCCn1c(N)c(C(=O)CSc2nnnn2-c2ccc(C)c(C)c2)c(=O)[nH]c1=O. The van der Waals surface area contributed by atoms with E-state index >= 15 is 0 Å². The minimum atomic E-state index is -0.828. The van der Waals surface area contributed by atoms with E-state index in [4.69, 9.17) is 10.5 Å². The Morgan fingerprint density at radius 1 is 1.27 bits per heavy atom. The van der Waals surface area contributed by atoms with E-state index in [1.807, 2.05) is 32.0 Å². The zero-order valence-corrected chi connectivity index (χ0v) is 17.5. The second-order valence-electron chi connectivity index (χ2n) is 6.52. The minimum Gasteiger partial charge on any atom is -0.384 e. The summed E-state index contributed by atoms with van der Waals surface area (Å²) >= 11 is 1.06. The van der Waals surface area contributed by atoms with E-state index < -0.39 is 17.0 Å². The Morgan fingerprint density at radius 2 is 2.03 bits per heavy atom. The zero-order valence-electron chi connectivity index (χ0n) is 16.7. The molecule has 2 aromatic heterocycles. The van der Waals surface area contributed by atoms with Gasteiger partial charge in [0.05, 0.1) is 24.6 Å².